The fraction of sp³-hybridized carbons (Fsp3) is 0.235. The average molecular weight is 251 g/mol. The van der Waals surface area contributed by atoms with Crippen LogP contribution in [-0.4, -0.2) is 7.11 Å². The first-order valence-electron chi connectivity index (χ1n) is 6.32. The molecule has 0 aliphatic rings. The van der Waals surface area contributed by atoms with Crippen molar-refractivity contribution >= 4 is 0 Å². The summed E-state index contributed by atoms with van der Waals surface area (Å²) in [7, 11) is 1.65. The average Bonchev–Trinajstić information content (AvgIpc) is 2.46. The normalized spacial score (nSPS) is 11.6. The second-order valence-electron chi connectivity index (χ2n) is 4.65. The van der Waals surface area contributed by atoms with Crippen LogP contribution in [0, 0.1) is 18.3 Å². The van der Waals surface area contributed by atoms with Crippen LogP contribution in [0.2, 0.25) is 0 Å². The van der Waals surface area contributed by atoms with Crippen molar-refractivity contribution < 1.29 is 4.74 Å². The highest BCUT2D eigenvalue weighted by molar-refractivity contribution is 5.34. The number of rotatable bonds is 4. The molecule has 96 valence electrons. The summed E-state index contributed by atoms with van der Waals surface area (Å²) < 4.78 is 5.21. The molecule has 2 rings (SSSR count). The molecule has 1 unspecified atom stereocenters. The van der Waals surface area contributed by atoms with Crippen molar-refractivity contribution in [1.29, 1.82) is 5.26 Å². The first-order chi connectivity index (χ1) is 9.22. The van der Waals surface area contributed by atoms with E-state index in [2.05, 4.69) is 6.07 Å². The number of hydrogen-bond acceptors (Lipinski definition) is 2. The van der Waals surface area contributed by atoms with Gasteiger partial charge in [-0.3, -0.25) is 0 Å². The van der Waals surface area contributed by atoms with E-state index in [-0.39, 0.29) is 5.92 Å². The standard InChI is InChI=1S/C17H17NO/c1-13-6-8-15(9-7-13)16(12-18)10-14-4-3-5-17(11-14)19-2/h3-9,11,16H,10H2,1-2H3. The second kappa shape index (κ2) is 6.06. The molecule has 2 nitrogen and oxygen atoms in total. The molecule has 0 radical (unpaired) electrons. The number of methoxy groups -OCH3 is 1. The summed E-state index contributed by atoms with van der Waals surface area (Å²) in [5.74, 6) is 0.714. The number of nitrogens with zero attached hydrogens (tertiary/aromatic N) is 1. The van der Waals surface area contributed by atoms with E-state index in [1.54, 1.807) is 7.11 Å². The van der Waals surface area contributed by atoms with Crippen molar-refractivity contribution in [3.8, 4) is 11.8 Å². The molecule has 0 heterocycles. The van der Waals surface area contributed by atoms with Crippen LogP contribution in [0.5, 0.6) is 5.75 Å². The van der Waals surface area contributed by atoms with Gasteiger partial charge in [-0.05, 0) is 36.6 Å². The maximum Gasteiger partial charge on any atom is 0.119 e. The summed E-state index contributed by atoms with van der Waals surface area (Å²) >= 11 is 0. The van der Waals surface area contributed by atoms with Crippen LogP contribution < -0.4 is 4.74 Å². The number of nitriles is 1. The molecule has 2 heteroatoms. The van der Waals surface area contributed by atoms with Crippen LogP contribution in [0.4, 0.5) is 0 Å². The highest BCUT2D eigenvalue weighted by atomic mass is 16.5. The molecular weight excluding hydrogens is 234 g/mol. The van der Waals surface area contributed by atoms with Gasteiger partial charge < -0.3 is 4.74 Å². The number of hydrogen-bond donors (Lipinski definition) is 0. The van der Waals surface area contributed by atoms with Crippen molar-refractivity contribution in [1.82, 2.24) is 0 Å². The summed E-state index contributed by atoms with van der Waals surface area (Å²) in [4.78, 5) is 0. The van der Waals surface area contributed by atoms with Crippen molar-refractivity contribution in [2.24, 2.45) is 0 Å². The topological polar surface area (TPSA) is 33.0 Å². The van der Waals surface area contributed by atoms with E-state index in [9.17, 15) is 5.26 Å². The highest BCUT2D eigenvalue weighted by Crippen LogP contribution is 2.22. The van der Waals surface area contributed by atoms with Crippen LogP contribution in [0.25, 0.3) is 0 Å². The van der Waals surface area contributed by atoms with Gasteiger partial charge in [-0.1, -0.05) is 42.0 Å². The number of benzene rings is 2. The van der Waals surface area contributed by atoms with Crippen LogP contribution in [0.3, 0.4) is 0 Å². The SMILES string of the molecule is COc1cccc(CC(C#N)c2ccc(C)cc2)c1. The maximum atomic E-state index is 9.36. The van der Waals surface area contributed by atoms with E-state index < -0.39 is 0 Å². The molecule has 0 saturated carbocycles. The molecule has 0 amide bonds. The molecule has 0 aromatic heterocycles. The monoisotopic (exact) mass is 251 g/mol. The van der Waals surface area contributed by atoms with Gasteiger partial charge in [0.05, 0.1) is 19.1 Å². The van der Waals surface area contributed by atoms with Crippen molar-refractivity contribution in [3.63, 3.8) is 0 Å². The van der Waals surface area contributed by atoms with Gasteiger partial charge in [-0.2, -0.15) is 5.26 Å². The Labute approximate surface area is 114 Å². The van der Waals surface area contributed by atoms with Gasteiger partial charge in [0.15, 0.2) is 0 Å². The summed E-state index contributed by atoms with van der Waals surface area (Å²) in [5, 5.41) is 9.36. The van der Waals surface area contributed by atoms with Crippen molar-refractivity contribution in [2.75, 3.05) is 7.11 Å². The molecule has 0 saturated heterocycles. The molecule has 0 aliphatic heterocycles. The molecule has 2 aromatic rings. The van der Waals surface area contributed by atoms with Crippen LogP contribution in [0.15, 0.2) is 48.5 Å². The maximum absolute atomic E-state index is 9.36. The number of aryl methyl sites for hydroxylation is 1. The third-order valence-electron chi connectivity index (χ3n) is 3.21. The summed E-state index contributed by atoms with van der Waals surface area (Å²) in [6.07, 6.45) is 0.705. The van der Waals surface area contributed by atoms with Gasteiger partial charge in [0.1, 0.15) is 5.75 Å². The summed E-state index contributed by atoms with van der Waals surface area (Å²) in [6, 6.07) is 18.4. The zero-order chi connectivity index (χ0) is 13.7. The van der Waals surface area contributed by atoms with Crippen LogP contribution >= 0.6 is 0 Å². The fourth-order valence-electron chi connectivity index (χ4n) is 2.07. The molecule has 1 atom stereocenters. The minimum atomic E-state index is -0.118. The van der Waals surface area contributed by atoms with E-state index >= 15 is 0 Å². The van der Waals surface area contributed by atoms with E-state index in [1.165, 1.54) is 5.56 Å². The van der Waals surface area contributed by atoms with E-state index in [0.717, 1.165) is 16.9 Å². The van der Waals surface area contributed by atoms with E-state index in [0.29, 0.717) is 6.42 Å². The quantitative estimate of drug-likeness (QED) is 0.826. The predicted molar refractivity (Wildman–Crippen MR) is 76.2 cm³/mol. The van der Waals surface area contributed by atoms with Crippen LogP contribution in [0.1, 0.15) is 22.6 Å². The zero-order valence-corrected chi connectivity index (χ0v) is 11.3. The third-order valence-corrected chi connectivity index (χ3v) is 3.21. The highest BCUT2D eigenvalue weighted by Gasteiger charge is 2.11. The molecule has 19 heavy (non-hydrogen) atoms. The lowest BCUT2D eigenvalue weighted by Gasteiger charge is -2.11. The lowest BCUT2D eigenvalue weighted by atomic mass is 9.93. The minimum absolute atomic E-state index is 0.118. The Morgan fingerprint density at radius 2 is 1.89 bits per heavy atom. The van der Waals surface area contributed by atoms with Gasteiger partial charge in [-0.15, -0.1) is 0 Å². The predicted octanol–water partition coefficient (Wildman–Crippen LogP) is 3.85. The Kier molecular flexibility index (Phi) is 4.20. The lowest BCUT2D eigenvalue weighted by Crippen LogP contribution is -2.00. The van der Waals surface area contributed by atoms with E-state index in [4.69, 9.17) is 4.74 Å². The summed E-state index contributed by atoms with van der Waals surface area (Å²) in [6.45, 7) is 2.05. The smallest absolute Gasteiger partial charge is 0.119 e. The molecule has 2 aromatic carbocycles. The Bertz CT molecular complexity index is 581. The fourth-order valence-corrected chi connectivity index (χ4v) is 2.07. The molecule has 0 spiro atoms. The van der Waals surface area contributed by atoms with Gasteiger partial charge in [0, 0.05) is 0 Å². The largest absolute Gasteiger partial charge is 0.497 e. The Morgan fingerprint density at radius 1 is 1.16 bits per heavy atom. The minimum Gasteiger partial charge on any atom is -0.497 e. The summed E-state index contributed by atoms with van der Waals surface area (Å²) in [5.41, 5.74) is 3.39. The Morgan fingerprint density at radius 3 is 2.53 bits per heavy atom. The Hall–Kier alpha value is -2.27. The van der Waals surface area contributed by atoms with Gasteiger partial charge in [0.2, 0.25) is 0 Å². The van der Waals surface area contributed by atoms with Crippen molar-refractivity contribution in [2.45, 2.75) is 19.3 Å². The molecule has 0 N–H and O–H groups in total. The number of ether oxygens (including phenoxy) is 1. The first-order valence-corrected chi connectivity index (χ1v) is 6.32. The van der Waals surface area contributed by atoms with Gasteiger partial charge in [-0.25, -0.2) is 0 Å². The molecule has 0 bridgehead atoms. The second-order valence-corrected chi connectivity index (χ2v) is 4.65. The Balaban J connectivity index is 2.19. The lowest BCUT2D eigenvalue weighted by molar-refractivity contribution is 0.414. The zero-order valence-electron chi connectivity index (χ0n) is 11.3. The molecule has 0 fully saturated rings. The van der Waals surface area contributed by atoms with Crippen molar-refractivity contribution in [3.05, 3.63) is 65.2 Å². The molecular formula is C17H17NO. The van der Waals surface area contributed by atoms with Gasteiger partial charge in [0.25, 0.3) is 0 Å². The van der Waals surface area contributed by atoms with Crippen LogP contribution in [-0.2, 0) is 6.42 Å². The molecule has 0 aliphatic carbocycles. The third kappa shape index (κ3) is 3.35. The van der Waals surface area contributed by atoms with Gasteiger partial charge >= 0.3 is 0 Å². The van der Waals surface area contributed by atoms with E-state index in [1.807, 2.05) is 55.5 Å². The first kappa shape index (κ1) is 13.2.